The van der Waals surface area contributed by atoms with Gasteiger partial charge in [0.25, 0.3) is 0 Å². The number of nitrogens with two attached hydrogens (primary N) is 1. The highest BCUT2D eigenvalue weighted by molar-refractivity contribution is 9.10. The van der Waals surface area contributed by atoms with Crippen molar-refractivity contribution < 1.29 is 23.7 Å². The van der Waals surface area contributed by atoms with Gasteiger partial charge in [-0.1, -0.05) is 44.0 Å². The van der Waals surface area contributed by atoms with Crippen LogP contribution in [-0.4, -0.2) is 13.9 Å². The molecule has 0 aromatic heterocycles. The first-order valence-electron chi connectivity index (χ1n) is 10.2. The van der Waals surface area contributed by atoms with Gasteiger partial charge in [0, 0.05) is 20.6 Å². The lowest BCUT2D eigenvalue weighted by Crippen LogP contribution is -2.21. The number of methoxy groups -OCH3 is 1. The molecule has 172 valence electrons. The van der Waals surface area contributed by atoms with Crippen LogP contribution in [0.3, 0.4) is 0 Å². The highest BCUT2D eigenvalue weighted by Gasteiger charge is 2.35. The van der Waals surface area contributed by atoms with E-state index in [9.17, 15) is 5.26 Å². The van der Waals surface area contributed by atoms with Gasteiger partial charge in [-0.25, -0.2) is 0 Å². The predicted octanol–water partition coefficient (Wildman–Crippen LogP) is 5.75. The standard InChI is InChI=1S/C25H18Br2N2O5/c1-30-20-6-15(18(27)8-22(20)31-11-13-2-4-14(26)5-3-13)24-16-7-21-23(33-12-32-21)9-19(16)34-25(29)17(24)10-28/h2-9,24H,11-12,29H2,1H3/t24-/m1/s1. The van der Waals surface area contributed by atoms with Crippen molar-refractivity contribution in [1.29, 1.82) is 5.26 Å². The number of nitrogens with zero attached hydrogens (tertiary/aromatic N) is 1. The van der Waals surface area contributed by atoms with Gasteiger partial charge in [-0.3, -0.25) is 0 Å². The molecule has 0 bridgehead atoms. The van der Waals surface area contributed by atoms with E-state index in [1.165, 1.54) is 0 Å². The van der Waals surface area contributed by atoms with Crippen molar-refractivity contribution in [1.82, 2.24) is 0 Å². The Bertz CT molecular complexity index is 1350. The fourth-order valence-electron chi connectivity index (χ4n) is 3.95. The Morgan fingerprint density at radius 3 is 2.44 bits per heavy atom. The Kier molecular flexibility index (Phi) is 6.02. The van der Waals surface area contributed by atoms with E-state index < -0.39 is 5.92 Å². The lowest BCUT2D eigenvalue weighted by atomic mass is 9.83. The van der Waals surface area contributed by atoms with Crippen molar-refractivity contribution in [3.8, 4) is 34.8 Å². The smallest absolute Gasteiger partial charge is 0.231 e. The molecule has 7 nitrogen and oxygen atoms in total. The summed E-state index contributed by atoms with van der Waals surface area (Å²) in [5.41, 5.74) is 8.96. The summed E-state index contributed by atoms with van der Waals surface area (Å²) in [7, 11) is 1.57. The van der Waals surface area contributed by atoms with Gasteiger partial charge in [0.1, 0.15) is 24.0 Å². The number of hydrogen-bond donors (Lipinski definition) is 1. The average Bonchev–Trinajstić information content (AvgIpc) is 3.29. The zero-order chi connectivity index (χ0) is 23.8. The van der Waals surface area contributed by atoms with Gasteiger partial charge in [0.05, 0.1) is 13.0 Å². The lowest BCUT2D eigenvalue weighted by Gasteiger charge is -2.28. The van der Waals surface area contributed by atoms with Gasteiger partial charge in [0.2, 0.25) is 12.7 Å². The van der Waals surface area contributed by atoms with Crippen LogP contribution in [0.25, 0.3) is 0 Å². The molecule has 2 heterocycles. The third-order valence-corrected chi connectivity index (χ3v) is 6.83. The van der Waals surface area contributed by atoms with Crippen LogP contribution in [0, 0.1) is 11.3 Å². The number of rotatable bonds is 5. The normalized spacial score (nSPS) is 15.9. The molecule has 0 spiro atoms. The Labute approximate surface area is 212 Å². The first kappa shape index (κ1) is 22.4. The molecule has 2 aliphatic heterocycles. The first-order chi connectivity index (χ1) is 16.5. The van der Waals surface area contributed by atoms with Crippen molar-refractivity contribution in [3.05, 3.63) is 85.6 Å². The summed E-state index contributed by atoms with van der Waals surface area (Å²) in [6.45, 7) is 0.494. The summed E-state index contributed by atoms with van der Waals surface area (Å²) in [4.78, 5) is 0. The maximum atomic E-state index is 9.92. The topological polar surface area (TPSA) is 96.0 Å². The summed E-state index contributed by atoms with van der Waals surface area (Å²) in [6.07, 6.45) is 0. The molecule has 3 aromatic carbocycles. The molecule has 0 saturated carbocycles. The zero-order valence-corrected chi connectivity index (χ0v) is 21.1. The van der Waals surface area contributed by atoms with E-state index in [0.29, 0.717) is 35.4 Å². The van der Waals surface area contributed by atoms with Crippen LogP contribution in [-0.2, 0) is 6.61 Å². The molecule has 0 aliphatic carbocycles. The number of allylic oxidation sites excluding steroid dienone is 1. The van der Waals surface area contributed by atoms with E-state index in [1.807, 2.05) is 42.5 Å². The van der Waals surface area contributed by atoms with E-state index >= 15 is 0 Å². The summed E-state index contributed by atoms with van der Waals surface area (Å²) in [5, 5.41) is 9.92. The largest absolute Gasteiger partial charge is 0.493 e. The summed E-state index contributed by atoms with van der Waals surface area (Å²) >= 11 is 7.10. The fourth-order valence-corrected chi connectivity index (χ4v) is 4.77. The van der Waals surface area contributed by atoms with Crippen LogP contribution in [0.4, 0.5) is 0 Å². The molecular formula is C25H18Br2N2O5. The molecule has 0 saturated heterocycles. The van der Waals surface area contributed by atoms with Gasteiger partial charge in [-0.15, -0.1) is 0 Å². The number of hydrogen-bond acceptors (Lipinski definition) is 7. The minimum atomic E-state index is -0.507. The SMILES string of the molecule is COc1cc([C@H]2C(C#N)=C(N)Oc3cc4c(cc32)OCO4)c(Br)cc1OCc1ccc(Br)cc1. The maximum absolute atomic E-state index is 9.92. The van der Waals surface area contributed by atoms with Crippen LogP contribution in [0.2, 0.25) is 0 Å². The van der Waals surface area contributed by atoms with E-state index in [1.54, 1.807) is 13.2 Å². The van der Waals surface area contributed by atoms with Gasteiger partial charge < -0.3 is 29.4 Å². The number of nitriles is 1. The van der Waals surface area contributed by atoms with Crippen molar-refractivity contribution in [2.24, 2.45) is 5.73 Å². The molecule has 9 heteroatoms. The molecule has 0 amide bonds. The van der Waals surface area contributed by atoms with Crippen molar-refractivity contribution in [2.45, 2.75) is 12.5 Å². The maximum Gasteiger partial charge on any atom is 0.231 e. The second-order valence-corrected chi connectivity index (χ2v) is 9.38. The predicted molar refractivity (Wildman–Crippen MR) is 131 cm³/mol. The van der Waals surface area contributed by atoms with Crippen molar-refractivity contribution in [2.75, 3.05) is 13.9 Å². The molecule has 1 atom stereocenters. The molecule has 3 aromatic rings. The fraction of sp³-hybridized carbons (Fsp3) is 0.160. The Morgan fingerprint density at radius 2 is 1.74 bits per heavy atom. The average molecular weight is 586 g/mol. The van der Waals surface area contributed by atoms with Gasteiger partial charge >= 0.3 is 0 Å². The van der Waals surface area contributed by atoms with E-state index in [4.69, 9.17) is 29.4 Å². The van der Waals surface area contributed by atoms with Gasteiger partial charge in [-0.05, 0) is 41.5 Å². The lowest BCUT2D eigenvalue weighted by molar-refractivity contribution is 0.174. The highest BCUT2D eigenvalue weighted by atomic mass is 79.9. The Morgan fingerprint density at radius 1 is 1.00 bits per heavy atom. The second kappa shape index (κ2) is 9.12. The van der Waals surface area contributed by atoms with E-state index in [0.717, 1.165) is 25.6 Å². The molecule has 0 fully saturated rings. The van der Waals surface area contributed by atoms with E-state index in [2.05, 4.69) is 37.9 Å². The molecular weight excluding hydrogens is 568 g/mol. The summed E-state index contributed by atoms with van der Waals surface area (Å²) < 4.78 is 30.2. The number of ether oxygens (including phenoxy) is 5. The highest BCUT2D eigenvalue weighted by Crippen LogP contribution is 2.50. The molecule has 5 rings (SSSR count). The van der Waals surface area contributed by atoms with Crippen LogP contribution >= 0.6 is 31.9 Å². The molecule has 0 radical (unpaired) electrons. The number of benzene rings is 3. The zero-order valence-electron chi connectivity index (χ0n) is 17.9. The van der Waals surface area contributed by atoms with Gasteiger partial charge in [0.15, 0.2) is 23.0 Å². The molecule has 2 N–H and O–H groups in total. The van der Waals surface area contributed by atoms with Crippen LogP contribution in [0.15, 0.2) is 68.9 Å². The molecule has 0 unspecified atom stereocenters. The second-order valence-electron chi connectivity index (χ2n) is 7.61. The Balaban J connectivity index is 1.55. The minimum absolute atomic E-state index is 0.0419. The third-order valence-electron chi connectivity index (χ3n) is 5.61. The monoisotopic (exact) mass is 584 g/mol. The van der Waals surface area contributed by atoms with Crippen LogP contribution in [0.5, 0.6) is 28.7 Å². The van der Waals surface area contributed by atoms with Crippen molar-refractivity contribution >= 4 is 31.9 Å². The summed E-state index contributed by atoms with van der Waals surface area (Å²) in [5.74, 6) is 2.29. The first-order valence-corrected chi connectivity index (χ1v) is 11.8. The van der Waals surface area contributed by atoms with Gasteiger partial charge in [-0.2, -0.15) is 5.26 Å². The van der Waals surface area contributed by atoms with E-state index in [-0.39, 0.29) is 18.2 Å². The summed E-state index contributed by atoms with van der Waals surface area (Å²) in [6, 6.07) is 17.3. The molecule has 2 aliphatic rings. The van der Waals surface area contributed by atoms with Crippen LogP contribution < -0.4 is 29.4 Å². The van der Waals surface area contributed by atoms with Crippen molar-refractivity contribution in [3.63, 3.8) is 0 Å². The van der Waals surface area contributed by atoms with Crippen LogP contribution in [0.1, 0.15) is 22.6 Å². The Hall–Kier alpha value is -3.35. The third kappa shape index (κ3) is 4.04. The molecule has 34 heavy (non-hydrogen) atoms. The number of halogens is 2. The number of fused-ring (bicyclic) bond motifs is 2. The minimum Gasteiger partial charge on any atom is -0.493 e. The quantitative estimate of drug-likeness (QED) is 0.407.